The van der Waals surface area contributed by atoms with E-state index >= 15 is 0 Å². The maximum atomic E-state index is 11.3. The highest BCUT2D eigenvalue weighted by atomic mass is 16.5. The first-order valence-corrected chi connectivity index (χ1v) is 5.61. The molecule has 2 saturated heterocycles. The summed E-state index contributed by atoms with van der Waals surface area (Å²) in [6.45, 7) is 2.17. The molecule has 0 aromatic rings. The third-order valence-corrected chi connectivity index (χ3v) is 3.32. The lowest BCUT2D eigenvalue weighted by atomic mass is 9.89. The van der Waals surface area contributed by atoms with Gasteiger partial charge in [-0.25, -0.2) is 5.43 Å². The molecule has 2 aliphatic heterocycles. The molecule has 5 nitrogen and oxygen atoms in total. The number of carbonyl (C=O) groups is 1. The summed E-state index contributed by atoms with van der Waals surface area (Å²) in [6, 6.07) is 0.212. The van der Waals surface area contributed by atoms with Crippen molar-refractivity contribution in [2.75, 3.05) is 20.2 Å². The molecule has 0 aromatic carbocycles. The van der Waals surface area contributed by atoms with Gasteiger partial charge in [-0.2, -0.15) is 0 Å². The van der Waals surface area contributed by atoms with Crippen LogP contribution in [0.2, 0.25) is 0 Å². The molecule has 3 atom stereocenters. The van der Waals surface area contributed by atoms with Crippen LogP contribution < -0.4 is 16.2 Å². The molecule has 3 N–H and O–H groups in total. The van der Waals surface area contributed by atoms with Crippen molar-refractivity contribution >= 4 is 5.97 Å². The fourth-order valence-electron chi connectivity index (χ4n) is 2.41. The molecule has 0 aromatic heterocycles. The van der Waals surface area contributed by atoms with Gasteiger partial charge < -0.3 is 10.1 Å². The minimum absolute atomic E-state index is 0.172. The van der Waals surface area contributed by atoms with E-state index in [0.29, 0.717) is 12.0 Å². The van der Waals surface area contributed by atoms with E-state index in [2.05, 4.69) is 16.2 Å². The summed E-state index contributed by atoms with van der Waals surface area (Å²) in [5.41, 5.74) is 6.20. The van der Waals surface area contributed by atoms with Crippen LogP contribution in [-0.2, 0) is 9.53 Å². The van der Waals surface area contributed by atoms with Crippen LogP contribution in [0.5, 0.6) is 0 Å². The van der Waals surface area contributed by atoms with E-state index < -0.39 is 0 Å². The molecule has 86 valence electrons. The van der Waals surface area contributed by atoms with Crippen molar-refractivity contribution in [2.24, 2.45) is 5.92 Å². The second-order valence-corrected chi connectivity index (χ2v) is 4.31. The molecule has 3 unspecified atom stereocenters. The van der Waals surface area contributed by atoms with Crippen molar-refractivity contribution in [1.29, 1.82) is 0 Å². The number of hydrazine groups is 1. The van der Waals surface area contributed by atoms with Crippen LogP contribution in [0.15, 0.2) is 0 Å². The lowest BCUT2D eigenvalue weighted by Gasteiger charge is -2.27. The first kappa shape index (κ1) is 10.9. The van der Waals surface area contributed by atoms with E-state index in [1.54, 1.807) is 0 Å². The predicted octanol–water partition coefficient (Wildman–Crippen LogP) is -0.606. The van der Waals surface area contributed by atoms with Gasteiger partial charge in [-0.05, 0) is 38.3 Å². The van der Waals surface area contributed by atoms with Crippen molar-refractivity contribution in [3.63, 3.8) is 0 Å². The summed E-state index contributed by atoms with van der Waals surface area (Å²) < 4.78 is 4.71. The second-order valence-electron chi connectivity index (χ2n) is 4.31. The molecule has 2 heterocycles. The van der Waals surface area contributed by atoms with Crippen molar-refractivity contribution in [3.05, 3.63) is 0 Å². The molecule has 0 amide bonds. The van der Waals surface area contributed by atoms with Gasteiger partial charge in [0.05, 0.1) is 7.11 Å². The normalized spacial score (nSPS) is 36.5. The highest BCUT2D eigenvalue weighted by molar-refractivity contribution is 5.75. The smallest absolute Gasteiger partial charge is 0.324 e. The Balaban J connectivity index is 1.83. The largest absolute Gasteiger partial charge is 0.468 e. The standard InChI is InChI=1S/C10H19N3O2/c1-15-10(14)9-5-8(12-13-9)7-3-2-4-11-6-7/h7-9,11-13H,2-6H2,1H3. The van der Waals surface area contributed by atoms with Gasteiger partial charge in [-0.3, -0.25) is 10.2 Å². The van der Waals surface area contributed by atoms with Gasteiger partial charge >= 0.3 is 5.97 Å². The monoisotopic (exact) mass is 213 g/mol. The summed E-state index contributed by atoms with van der Waals surface area (Å²) in [7, 11) is 1.43. The van der Waals surface area contributed by atoms with Crippen LogP contribution in [0.25, 0.3) is 0 Å². The quantitative estimate of drug-likeness (QED) is 0.534. The second kappa shape index (κ2) is 4.92. The summed E-state index contributed by atoms with van der Waals surface area (Å²) in [6.07, 6.45) is 3.30. The van der Waals surface area contributed by atoms with Gasteiger partial charge in [0.25, 0.3) is 0 Å². The SMILES string of the molecule is COC(=O)C1CC(C2CCCNC2)NN1. The van der Waals surface area contributed by atoms with Crippen LogP contribution in [0.4, 0.5) is 0 Å². The van der Waals surface area contributed by atoms with Crippen molar-refractivity contribution in [3.8, 4) is 0 Å². The Bertz CT molecular complexity index is 229. The molecule has 2 aliphatic rings. The Morgan fingerprint density at radius 2 is 2.27 bits per heavy atom. The zero-order chi connectivity index (χ0) is 10.7. The molecule has 2 fully saturated rings. The van der Waals surface area contributed by atoms with Crippen molar-refractivity contribution < 1.29 is 9.53 Å². The van der Waals surface area contributed by atoms with Crippen LogP contribution >= 0.6 is 0 Å². The molecule has 0 bridgehead atoms. The number of hydrogen-bond acceptors (Lipinski definition) is 5. The van der Waals surface area contributed by atoms with Crippen LogP contribution in [0.3, 0.4) is 0 Å². The molecule has 2 rings (SSSR count). The van der Waals surface area contributed by atoms with Gasteiger partial charge in [0.2, 0.25) is 0 Å². The number of piperidine rings is 1. The minimum Gasteiger partial charge on any atom is -0.468 e. The fraction of sp³-hybridized carbons (Fsp3) is 0.900. The van der Waals surface area contributed by atoms with Gasteiger partial charge in [-0.15, -0.1) is 0 Å². The number of ether oxygens (including phenoxy) is 1. The average molecular weight is 213 g/mol. The summed E-state index contributed by atoms with van der Waals surface area (Å²) in [5.74, 6) is 0.453. The Morgan fingerprint density at radius 1 is 1.40 bits per heavy atom. The van der Waals surface area contributed by atoms with E-state index in [1.165, 1.54) is 20.0 Å². The number of carbonyl (C=O) groups excluding carboxylic acids is 1. The van der Waals surface area contributed by atoms with E-state index in [9.17, 15) is 4.79 Å². The summed E-state index contributed by atoms with van der Waals surface area (Å²) in [4.78, 5) is 11.3. The Hall–Kier alpha value is -0.650. The maximum absolute atomic E-state index is 11.3. The van der Waals surface area contributed by atoms with Crippen LogP contribution in [0, 0.1) is 5.92 Å². The van der Waals surface area contributed by atoms with E-state index in [4.69, 9.17) is 4.74 Å². The molecule has 0 radical (unpaired) electrons. The van der Waals surface area contributed by atoms with Gasteiger partial charge in [-0.1, -0.05) is 0 Å². The van der Waals surface area contributed by atoms with Crippen molar-refractivity contribution in [2.45, 2.75) is 31.3 Å². The Labute approximate surface area is 89.9 Å². The fourth-order valence-corrected chi connectivity index (χ4v) is 2.41. The van der Waals surface area contributed by atoms with E-state index in [-0.39, 0.29) is 12.0 Å². The number of methoxy groups -OCH3 is 1. The highest BCUT2D eigenvalue weighted by Gasteiger charge is 2.34. The maximum Gasteiger partial charge on any atom is 0.324 e. The lowest BCUT2D eigenvalue weighted by molar-refractivity contribution is -0.142. The number of esters is 1. The van der Waals surface area contributed by atoms with Crippen molar-refractivity contribution in [1.82, 2.24) is 16.2 Å². The topological polar surface area (TPSA) is 62.4 Å². The average Bonchev–Trinajstić information content (AvgIpc) is 2.78. The van der Waals surface area contributed by atoms with E-state index in [0.717, 1.165) is 19.5 Å². The predicted molar refractivity (Wildman–Crippen MR) is 56.1 cm³/mol. The summed E-state index contributed by atoms with van der Waals surface area (Å²) >= 11 is 0. The highest BCUT2D eigenvalue weighted by Crippen LogP contribution is 2.20. The molecule has 0 saturated carbocycles. The van der Waals surface area contributed by atoms with E-state index in [1.807, 2.05) is 0 Å². The Morgan fingerprint density at radius 3 is 2.93 bits per heavy atom. The zero-order valence-electron chi connectivity index (χ0n) is 9.08. The third kappa shape index (κ3) is 2.48. The first-order valence-electron chi connectivity index (χ1n) is 5.61. The van der Waals surface area contributed by atoms with Gasteiger partial charge in [0.15, 0.2) is 0 Å². The Kier molecular flexibility index (Phi) is 3.56. The summed E-state index contributed by atoms with van der Waals surface area (Å²) in [5, 5.41) is 3.39. The molecule has 5 heteroatoms. The molecular weight excluding hydrogens is 194 g/mol. The molecule has 0 spiro atoms. The van der Waals surface area contributed by atoms with Crippen LogP contribution in [-0.4, -0.2) is 38.3 Å². The number of hydrogen-bond donors (Lipinski definition) is 3. The number of rotatable bonds is 2. The molecule has 15 heavy (non-hydrogen) atoms. The lowest BCUT2D eigenvalue weighted by Crippen LogP contribution is -2.43. The van der Waals surface area contributed by atoms with Crippen LogP contribution in [0.1, 0.15) is 19.3 Å². The minimum atomic E-state index is -0.179. The first-order chi connectivity index (χ1) is 7.31. The van der Waals surface area contributed by atoms with Gasteiger partial charge in [0, 0.05) is 6.04 Å². The molecular formula is C10H19N3O2. The molecule has 0 aliphatic carbocycles. The number of nitrogens with one attached hydrogen (secondary N) is 3. The van der Waals surface area contributed by atoms with Gasteiger partial charge in [0.1, 0.15) is 6.04 Å². The zero-order valence-corrected chi connectivity index (χ0v) is 9.08. The third-order valence-electron chi connectivity index (χ3n) is 3.32.